The van der Waals surface area contributed by atoms with Gasteiger partial charge in [0.1, 0.15) is 6.54 Å². The first-order valence-corrected chi connectivity index (χ1v) is 10.6. The largest absolute Gasteiger partial charge is 0.345 e. The lowest BCUT2D eigenvalue weighted by Crippen LogP contribution is -2.35. The molecule has 0 aliphatic rings. The summed E-state index contributed by atoms with van der Waals surface area (Å²) in [6.45, 7) is 2.42. The minimum absolute atomic E-state index is 0.0536. The van der Waals surface area contributed by atoms with E-state index in [-0.39, 0.29) is 24.2 Å². The van der Waals surface area contributed by atoms with Crippen molar-refractivity contribution >= 4 is 28.0 Å². The molecule has 2 N–H and O–H groups in total. The van der Waals surface area contributed by atoms with E-state index in [1.165, 1.54) is 4.57 Å². The van der Waals surface area contributed by atoms with Crippen LogP contribution in [-0.4, -0.2) is 25.0 Å². The summed E-state index contributed by atoms with van der Waals surface area (Å²) in [5.74, 6) is -0.232. The second-order valence-corrected chi connectivity index (χ2v) is 7.69. The van der Waals surface area contributed by atoms with Crippen LogP contribution in [0.3, 0.4) is 0 Å². The number of nitrogens with zero attached hydrogens (tertiary/aromatic N) is 3. The van der Waals surface area contributed by atoms with Crippen molar-refractivity contribution in [3.63, 3.8) is 0 Å². The molecule has 0 saturated heterocycles. The Kier molecular flexibility index (Phi) is 5.07. The molecule has 0 radical (unpaired) electrons. The van der Waals surface area contributed by atoms with Crippen molar-refractivity contribution < 1.29 is 4.79 Å². The molecule has 0 bridgehead atoms. The zero-order valence-electron chi connectivity index (χ0n) is 17.7. The number of fused-ring (bicyclic) bond motifs is 2. The number of aromatic nitrogens is 4. The summed E-state index contributed by atoms with van der Waals surface area (Å²) in [5.41, 5.74) is 5.07. The molecule has 7 nitrogen and oxygen atoms in total. The van der Waals surface area contributed by atoms with Gasteiger partial charge in [-0.3, -0.25) is 13.9 Å². The third kappa shape index (κ3) is 3.47. The van der Waals surface area contributed by atoms with Gasteiger partial charge in [-0.25, -0.2) is 9.78 Å². The Morgan fingerprint density at radius 2 is 1.69 bits per heavy atom. The molecular weight excluding hydrogens is 402 g/mol. The average Bonchev–Trinajstić information content (AvgIpc) is 3.40. The number of rotatable bonds is 6. The third-order valence-corrected chi connectivity index (χ3v) is 5.76. The lowest BCUT2D eigenvalue weighted by atomic mass is 9.98. The normalized spacial score (nSPS) is 12.3. The van der Waals surface area contributed by atoms with E-state index in [9.17, 15) is 9.59 Å². The topological polar surface area (TPSA) is 84.7 Å². The molecule has 3 aromatic carbocycles. The number of aromatic amines is 1. The Bertz CT molecular complexity index is 1460. The molecule has 7 heteroatoms. The van der Waals surface area contributed by atoms with Crippen LogP contribution in [0.5, 0.6) is 0 Å². The van der Waals surface area contributed by atoms with E-state index >= 15 is 0 Å². The van der Waals surface area contributed by atoms with Gasteiger partial charge in [0, 0.05) is 6.54 Å². The highest BCUT2D eigenvalue weighted by molar-refractivity contribution is 5.82. The smallest absolute Gasteiger partial charge is 0.329 e. The molecule has 0 aliphatic carbocycles. The zero-order valence-corrected chi connectivity index (χ0v) is 17.7. The molecule has 160 valence electrons. The Morgan fingerprint density at radius 3 is 2.44 bits per heavy atom. The monoisotopic (exact) mass is 425 g/mol. The van der Waals surface area contributed by atoms with Gasteiger partial charge >= 0.3 is 5.69 Å². The molecule has 0 aliphatic heterocycles. The predicted octanol–water partition coefficient (Wildman–Crippen LogP) is 3.61. The lowest BCUT2D eigenvalue weighted by molar-refractivity contribution is -0.122. The van der Waals surface area contributed by atoms with Gasteiger partial charge in [0.15, 0.2) is 0 Å². The Morgan fingerprint density at radius 1 is 0.969 bits per heavy atom. The first-order chi connectivity index (χ1) is 15.7. The van der Waals surface area contributed by atoms with E-state index in [2.05, 4.69) is 15.3 Å². The number of carbonyl (C=O) groups excluding carboxylic acids is 1. The van der Waals surface area contributed by atoms with E-state index in [1.54, 1.807) is 10.9 Å². The highest BCUT2D eigenvalue weighted by Crippen LogP contribution is 2.25. The number of amides is 1. The molecule has 0 saturated carbocycles. The van der Waals surface area contributed by atoms with Gasteiger partial charge in [-0.15, -0.1) is 0 Å². The van der Waals surface area contributed by atoms with Crippen molar-refractivity contribution in [2.24, 2.45) is 0 Å². The van der Waals surface area contributed by atoms with E-state index in [0.717, 1.165) is 33.2 Å². The Hall–Kier alpha value is -4.13. The van der Waals surface area contributed by atoms with E-state index in [0.29, 0.717) is 6.54 Å². The standard InChI is InChI=1S/C25H23N5O2/c1-2-29-21-10-6-7-11-22(21)30(25(29)32)15-23(31)28-24(17-8-4-3-5-9-17)18-12-13-19-20(14-18)27-16-26-19/h3-14,16,24H,2,15H2,1H3,(H,26,27)(H,28,31). The first-order valence-electron chi connectivity index (χ1n) is 10.6. The van der Waals surface area contributed by atoms with Gasteiger partial charge in [-0.05, 0) is 42.3 Å². The van der Waals surface area contributed by atoms with Crippen molar-refractivity contribution in [3.05, 3.63) is 101 Å². The van der Waals surface area contributed by atoms with Crippen LogP contribution in [-0.2, 0) is 17.9 Å². The number of hydrogen-bond acceptors (Lipinski definition) is 3. The molecule has 1 atom stereocenters. The van der Waals surface area contributed by atoms with Crippen LogP contribution < -0.4 is 11.0 Å². The van der Waals surface area contributed by atoms with Crippen LogP contribution in [0, 0.1) is 0 Å². The van der Waals surface area contributed by atoms with Gasteiger partial charge in [0.05, 0.1) is 34.4 Å². The van der Waals surface area contributed by atoms with Crippen LogP contribution in [0.2, 0.25) is 0 Å². The fourth-order valence-electron chi connectivity index (χ4n) is 4.22. The van der Waals surface area contributed by atoms with Crippen LogP contribution in [0.4, 0.5) is 0 Å². The molecule has 5 rings (SSSR count). The zero-order chi connectivity index (χ0) is 22.1. The van der Waals surface area contributed by atoms with Crippen molar-refractivity contribution in [2.75, 3.05) is 0 Å². The highest BCUT2D eigenvalue weighted by atomic mass is 16.2. The minimum Gasteiger partial charge on any atom is -0.345 e. The number of benzene rings is 3. The summed E-state index contributed by atoms with van der Waals surface area (Å²) in [5, 5.41) is 3.13. The number of carbonyl (C=O) groups is 1. The van der Waals surface area contributed by atoms with Gasteiger partial charge < -0.3 is 10.3 Å². The van der Waals surface area contributed by atoms with Crippen molar-refractivity contribution in [1.82, 2.24) is 24.4 Å². The van der Waals surface area contributed by atoms with Gasteiger partial charge in [0.2, 0.25) is 5.91 Å². The second-order valence-electron chi connectivity index (χ2n) is 7.69. The summed E-state index contributed by atoms with van der Waals surface area (Å²) in [4.78, 5) is 33.5. The third-order valence-electron chi connectivity index (χ3n) is 5.76. The van der Waals surface area contributed by atoms with E-state index in [1.807, 2.05) is 79.7 Å². The Balaban J connectivity index is 1.49. The van der Waals surface area contributed by atoms with Crippen LogP contribution >= 0.6 is 0 Å². The molecule has 2 heterocycles. The maximum Gasteiger partial charge on any atom is 0.329 e. The summed E-state index contributed by atoms with van der Waals surface area (Å²) >= 11 is 0. The number of H-pyrrole nitrogens is 1. The number of hydrogen-bond donors (Lipinski definition) is 2. The van der Waals surface area contributed by atoms with Gasteiger partial charge in [-0.1, -0.05) is 48.5 Å². The van der Waals surface area contributed by atoms with E-state index in [4.69, 9.17) is 0 Å². The fraction of sp³-hybridized carbons (Fsp3) is 0.160. The maximum atomic E-state index is 13.2. The van der Waals surface area contributed by atoms with Crippen LogP contribution in [0.15, 0.2) is 83.9 Å². The van der Waals surface area contributed by atoms with Crippen LogP contribution in [0.1, 0.15) is 24.1 Å². The lowest BCUT2D eigenvalue weighted by Gasteiger charge is -2.20. The molecular formula is C25H23N5O2. The molecule has 32 heavy (non-hydrogen) atoms. The first kappa shape index (κ1) is 19.8. The molecule has 0 fully saturated rings. The van der Waals surface area contributed by atoms with Crippen LogP contribution in [0.25, 0.3) is 22.1 Å². The SMILES string of the molecule is CCn1c(=O)n(CC(=O)NC(c2ccccc2)c2ccc3nc[nH]c3c2)c2ccccc21. The maximum absolute atomic E-state index is 13.2. The average molecular weight is 425 g/mol. The molecule has 2 aromatic heterocycles. The minimum atomic E-state index is -0.355. The van der Waals surface area contributed by atoms with Crippen molar-refractivity contribution in [3.8, 4) is 0 Å². The molecule has 1 amide bonds. The molecule has 5 aromatic rings. The second kappa shape index (κ2) is 8.19. The highest BCUT2D eigenvalue weighted by Gasteiger charge is 2.20. The number of aryl methyl sites for hydroxylation is 1. The van der Waals surface area contributed by atoms with Gasteiger partial charge in [0.25, 0.3) is 0 Å². The van der Waals surface area contributed by atoms with Crippen molar-refractivity contribution in [1.29, 1.82) is 0 Å². The summed E-state index contributed by atoms with van der Waals surface area (Å²) in [7, 11) is 0. The summed E-state index contributed by atoms with van der Waals surface area (Å²) in [6.07, 6.45) is 1.65. The summed E-state index contributed by atoms with van der Waals surface area (Å²) in [6, 6.07) is 22.9. The number of nitrogens with one attached hydrogen (secondary N) is 2. The fourth-order valence-corrected chi connectivity index (χ4v) is 4.22. The quantitative estimate of drug-likeness (QED) is 0.436. The number of imidazole rings is 2. The number of para-hydroxylation sites is 2. The summed E-state index contributed by atoms with van der Waals surface area (Å²) < 4.78 is 3.22. The van der Waals surface area contributed by atoms with Crippen molar-refractivity contribution in [2.45, 2.75) is 26.1 Å². The predicted molar refractivity (Wildman–Crippen MR) is 124 cm³/mol. The molecule has 0 spiro atoms. The van der Waals surface area contributed by atoms with E-state index < -0.39 is 0 Å². The Labute approximate surface area is 184 Å². The molecule has 1 unspecified atom stereocenters. The van der Waals surface area contributed by atoms with Gasteiger partial charge in [-0.2, -0.15) is 0 Å².